The summed E-state index contributed by atoms with van der Waals surface area (Å²) in [4.78, 5) is 17.5. The van der Waals surface area contributed by atoms with Crippen molar-refractivity contribution in [1.29, 1.82) is 0 Å². The van der Waals surface area contributed by atoms with Crippen molar-refractivity contribution in [2.45, 2.75) is 33.9 Å². The third-order valence-electron chi connectivity index (χ3n) is 5.92. The van der Waals surface area contributed by atoms with Gasteiger partial charge in [-0.15, -0.1) is 0 Å². The summed E-state index contributed by atoms with van der Waals surface area (Å²) in [6.45, 7) is 11.2. The molecular formula is C25H30N4O. The number of rotatable bonds is 5. The van der Waals surface area contributed by atoms with E-state index < -0.39 is 0 Å². The number of hydrogen-bond acceptors (Lipinski definition) is 3. The molecule has 0 unspecified atom stereocenters. The van der Waals surface area contributed by atoms with Crippen molar-refractivity contribution in [3.63, 3.8) is 0 Å². The van der Waals surface area contributed by atoms with E-state index in [1.165, 1.54) is 11.1 Å². The van der Waals surface area contributed by atoms with E-state index in [1.54, 1.807) is 0 Å². The van der Waals surface area contributed by atoms with Gasteiger partial charge >= 0.3 is 0 Å². The van der Waals surface area contributed by atoms with Crippen LogP contribution >= 0.6 is 0 Å². The largest absolute Gasteiger partial charge is 0.336 e. The Balaban J connectivity index is 1.37. The average molecular weight is 403 g/mol. The van der Waals surface area contributed by atoms with Gasteiger partial charge < -0.3 is 4.90 Å². The molecule has 0 radical (unpaired) electrons. The maximum absolute atomic E-state index is 13.1. The monoisotopic (exact) mass is 402 g/mol. The first-order valence-corrected chi connectivity index (χ1v) is 10.7. The number of carbonyl (C=O) groups is 1. The molecule has 5 heteroatoms. The molecule has 1 saturated heterocycles. The molecule has 5 nitrogen and oxygen atoms in total. The molecule has 30 heavy (non-hydrogen) atoms. The Hall–Kier alpha value is -2.92. The van der Waals surface area contributed by atoms with E-state index >= 15 is 0 Å². The van der Waals surface area contributed by atoms with Gasteiger partial charge in [0.1, 0.15) is 0 Å². The number of benzene rings is 2. The van der Waals surface area contributed by atoms with E-state index in [-0.39, 0.29) is 5.91 Å². The number of nitrogens with zero attached hydrogens (tertiary/aromatic N) is 4. The molecule has 0 spiro atoms. The van der Waals surface area contributed by atoms with Crippen LogP contribution in [0.3, 0.4) is 0 Å². The zero-order valence-corrected chi connectivity index (χ0v) is 18.1. The fourth-order valence-electron chi connectivity index (χ4n) is 4.13. The van der Waals surface area contributed by atoms with Crippen molar-refractivity contribution in [3.05, 3.63) is 88.2 Å². The Labute approximate surface area is 178 Å². The van der Waals surface area contributed by atoms with Gasteiger partial charge in [-0.2, -0.15) is 5.10 Å². The molecule has 0 saturated carbocycles. The minimum absolute atomic E-state index is 0.126. The lowest BCUT2D eigenvalue weighted by Gasteiger charge is -2.35. The quantitative estimate of drug-likeness (QED) is 0.652. The summed E-state index contributed by atoms with van der Waals surface area (Å²) in [5.74, 6) is 0.126. The number of piperazine rings is 1. The van der Waals surface area contributed by atoms with Gasteiger partial charge in [-0.1, -0.05) is 36.4 Å². The highest BCUT2D eigenvalue weighted by atomic mass is 16.2. The molecule has 0 aliphatic carbocycles. The Morgan fingerprint density at radius 3 is 2.37 bits per heavy atom. The summed E-state index contributed by atoms with van der Waals surface area (Å²) >= 11 is 0. The van der Waals surface area contributed by atoms with Crippen molar-refractivity contribution < 1.29 is 4.79 Å². The van der Waals surface area contributed by atoms with E-state index in [0.717, 1.165) is 55.2 Å². The number of aromatic nitrogens is 2. The average Bonchev–Trinajstić information content (AvgIpc) is 3.06. The zero-order chi connectivity index (χ0) is 21.1. The number of hydrogen-bond donors (Lipinski definition) is 0. The predicted molar refractivity (Wildman–Crippen MR) is 120 cm³/mol. The van der Waals surface area contributed by atoms with Crippen LogP contribution in [0.4, 0.5) is 0 Å². The second-order valence-corrected chi connectivity index (χ2v) is 8.28. The topological polar surface area (TPSA) is 41.4 Å². The van der Waals surface area contributed by atoms with E-state index in [2.05, 4.69) is 60.2 Å². The third-order valence-corrected chi connectivity index (χ3v) is 5.92. The highest BCUT2D eigenvalue weighted by Crippen LogP contribution is 2.16. The van der Waals surface area contributed by atoms with Crippen LogP contribution in [0.2, 0.25) is 0 Å². The van der Waals surface area contributed by atoms with Gasteiger partial charge in [-0.25, -0.2) is 0 Å². The van der Waals surface area contributed by atoms with Crippen molar-refractivity contribution in [2.75, 3.05) is 26.2 Å². The summed E-state index contributed by atoms with van der Waals surface area (Å²) in [5.41, 5.74) is 6.72. The molecule has 4 rings (SSSR count). The molecule has 2 aromatic carbocycles. The van der Waals surface area contributed by atoms with Crippen molar-refractivity contribution >= 4 is 5.91 Å². The third kappa shape index (κ3) is 4.62. The van der Waals surface area contributed by atoms with Gasteiger partial charge in [-0.3, -0.25) is 14.4 Å². The molecule has 1 amide bonds. The van der Waals surface area contributed by atoms with Gasteiger partial charge in [0, 0.05) is 44.0 Å². The molecule has 1 aromatic heterocycles. The molecule has 1 aliphatic heterocycles. The summed E-state index contributed by atoms with van der Waals surface area (Å²) in [6, 6.07) is 18.6. The Bertz CT molecular complexity index is 1030. The van der Waals surface area contributed by atoms with Crippen LogP contribution in [0.5, 0.6) is 0 Å². The maximum Gasteiger partial charge on any atom is 0.253 e. The van der Waals surface area contributed by atoms with Gasteiger partial charge in [0.15, 0.2) is 0 Å². The minimum Gasteiger partial charge on any atom is -0.336 e. The SMILES string of the molecule is Cc1cc(C)n(Cc2cccc(C(=O)N3CCN(Cc4ccccc4C)CC3)c2)n1. The van der Waals surface area contributed by atoms with Gasteiger partial charge in [0.05, 0.1) is 12.2 Å². The Morgan fingerprint density at radius 1 is 0.900 bits per heavy atom. The molecule has 0 N–H and O–H groups in total. The molecule has 2 heterocycles. The summed E-state index contributed by atoms with van der Waals surface area (Å²) < 4.78 is 1.99. The van der Waals surface area contributed by atoms with E-state index in [4.69, 9.17) is 0 Å². The molecule has 156 valence electrons. The van der Waals surface area contributed by atoms with Crippen LogP contribution < -0.4 is 0 Å². The normalized spacial score (nSPS) is 14.8. The van der Waals surface area contributed by atoms with Gasteiger partial charge in [0.2, 0.25) is 0 Å². The number of carbonyl (C=O) groups excluding carboxylic acids is 1. The smallest absolute Gasteiger partial charge is 0.253 e. The van der Waals surface area contributed by atoms with Crippen molar-refractivity contribution in [2.24, 2.45) is 0 Å². The fourth-order valence-corrected chi connectivity index (χ4v) is 4.13. The summed E-state index contributed by atoms with van der Waals surface area (Å²) in [7, 11) is 0. The molecule has 0 bridgehead atoms. The van der Waals surface area contributed by atoms with Crippen LogP contribution in [0.15, 0.2) is 54.6 Å². The maximum atomic E-state index is 13.1. The van der Waals surface area contributed by atoms with Crippen LogP contribution in [-0.4, -0.2) is 51.7 Å². The molecular weight excluding hydrogens is 372 g/mol. The Kier molecular flexibility index (Phi) is 6.00. The lowest BCUT2D eigenvalue weighted by Crippen LogP contribution is -2.48. The lowest BCUT2D eigenvalue weighted by molar-refractivity contribution is 0.0628. The number of amides is 1. The van der Waals surface area contributed by atoms with E-state index in [0.29, 0.717) is 6.54 Å². The van der Waals surface area contributed by atoms with Crippen LogP contribution in [0.1, 0.15) is 38.4 Å². The molecule has 0 atom stereocenters. The minimum atomic E-state index is 0.126. The first kappa shape index (κ1) is 20.4. The van der Waals surface area contributed by atoms with Crippen molar-refractivity contribution in [3.8, 4) is 0 Å². The van der Waals surface area contributed by atoms with Gasteiger partial charge in [-0.05, 0) is 55.7 Å². The highest BCUT2D eigenvalue weighted by molar-refractivity contribution is 5.94. The highest BCUT2D eigenvalue weighted by Gasteiger charge is 2.22. The zero-order valence-electron chi connectivity index (χ0n) is 18.1. The number of aryl methyl sites for hydroxylation is 3. The second kappa shape index (κ2) is 8.84. The predicted octanol–water partition coefficient (Wildman–Crippen LogP) is 3.81. The Morgan fingerprint density at radius 2 is 1.67 bits per heavy atom. The second-order valence-electron chi connectivity index (χ2n) is 8.28. The standard InChI is InChI=1S/C25H30N4O/c1-19-7-4-5-9-24(19)18-27-11-13-28(14-12-27)25(30)23-10-6-8-22(16-23)17-29-21(3)15-20(2)26-29/h4-10,15-16H,11-14,17-18H2,1-3H3. The summed E-state index contributed by atoms with van der Waals surface area (Å²) in [6.07, 6.45) is 0. The molecule has 3 aromatic rings. The van der Waals surface area contributed by atoms with E-state index in [9.17, 15) is 4.79 Å². The van der Waals surface area contributed by atoms with Crippen LogP contribution in [-0.2, 0) is 13.1 Å². The summed E-state index contributed by atoms with van der Waals surface area (Å²) in [5, 5.41) is 4.53. The van der Waals surface area contributed by atoms with Crippen molar-refractivity contribution in [1.82, 2.24) is 19.6 Å². The first-order valence-electron chi connectivity index (χ1n) is 10.7. The van der Waals surface area contributed by atoms with Gasteiger partial charge in [0.25, 0.3) is 5.91 Å². The molecule has 1 fully saturated rings. The molecule has 1 aliphatic rings. The fraction of sp³-hybridized carbons (Fsp3) is 0.360. The first-order chi connectivity index (χ1) is 14.5. The van der Waals surface area contributed by atoms with Crippen LogP contribution in [0, 0.1) is 20.8 Å². The van der Waals surface area contributed by atoms with Crippen LogP contribution in [0.25, 0.3) is 0 Å². The van der Waals surface area contributed by atoms with E-state index in [1.807, 2.05) is 34.7 Å². The lowest BCUT2D eigenvalue weighted by atomic mass is 10.1.